The van der Waals surface area contributed by atoms with E-state index in [0.29, 0.717) is 6.42 Å². The van der Waals surface area contributed by atoms with E-state index >= 15 is 0 Å². The summed E-state index contributed by atoms with van der Waals surface area (Å²) in [5.74, 6) is 0. The number of nitrogens with zero attached hydrogens (tertiary/aromatic N) is 1. The fourth-order valence-electron chi connectivity index (χ4n) is 1.87. The number of aliphatic hydroxyl groups is 1. The van der Waals surface area contributed by atoms with Crippen LogP contribution < -0.4 is 5.43 Å². The Morgan fingerprint density at radius 2 is 2.12 bits per heavy atom. The quantitative estimate of drug-likeness (QED) is 0.815. The van der Waals surface area contributed by atoms with Crippen LogP contribution in [0.3, 0.4) is 0 Å². The predicted octanol–water partition coefficient (Wildman–Crippen LogP) is 0.855. The number of pyridine rings is 1. The van der Waals surface area contributed by atoms with E-state index in [4.69, 9.17) is 4.74 Å². The zero-order valence-corrected chi connectivity index (χ0v) is 8.91. The molecule has 0 saturated carbocycles. The molecule has 16 heavy (non-hydrogen) atoms. The van der Waals surface area contributed by atoms with E-state index in [9.17, 15) is 14.3 Å². The van der Waals surface area contributed by atoms with Crippen molar-refractivity contribution in [1.82, 2.24) is 4.57 Å². The molecule has 0 radical (unpaired) electrons. The van der Waals surface area contributed by atoms with Gasteiger partial charge in [0.2, 0.25) is 0 Å². The Bertz CT molecular complexity index is 399. The fraction of sp³-hybridized carbons (Fsp3) is 0.545. The summed E-state index contributed by atoms with van der Waals surface area (Å²) in [6.45, 7) is 1.83. The topological polar surface area (TPSA) is 51.5 Å². The molecule has 0 amide bonds. The number of aliphatic hydroxyl groups excluding tert-OH is 1. The van der Waals surface area contributed by atoms with E-state index in [-0.39, 0.29) is 5.43 Å². The number of alkyl halides is 1. The fourth-order valence-corrected chi connectivity index (χ4v) is 1.87. The van der Waals surface area contributed by atoms with E-state index in [1.54, 1.807) is 0 Å². The first-order valence-corrected chi connectivity index (χ1v) is 5.29. The van der Waals surface area contributed by atoms with Gasteiger partial charge in [0.1, 0.15) is 6.10 Å². The third kappa shape index (κ3) is 1.88. The van der Waals surface area contributed by atoms with Crippen molar-refractivity contribution in [3.05, 3.63) is 34.7 Å². The Morgan fingerprint density at radius 3 is 2.62 bits per heavy atom. The van der Waals surface area contributed by atoms with Crippen LogP contribution in [-0.4, -0.2) is 28.1 Å². The van der Waals surface area contributed by atoms with Crippen LogP contribution in [0.1, 0.15) is 19.6 Å². The van der Waals surface area contributed by atoms with Gasteiger partial charge in [-0.2, -0.15) is 0 Å². The highest BCUT2D eigenvalue weighted by molar-refractivity contribution is 4.98. The molecule has 0 unspecified atom stereocenters. The van der Waals surface area contributed by atoms with Crippen molar-refractivity contribution in [2.24, 2.45) is 0 Å². The second-order valence-corrected chi connectivity index (χ2v) is 3.89. The maximum atomic E-state index is 13.7. The molecule has 4 nitrogen and oxygen atoms in total. The van der Waals surface area contributed by atoms with Crippen LogP contribution in [0.15, 0.2) is 29.3 Å². The van der Waals surface area contributed by atoms with Crippen LogP contribution in [0.2, 0.25) is 0 Å². The van der Waals surface area contributed by atoms with Gasteiger partial charge >= 0.3 is 0 Å². The Morgan fingerprint density at radius 1 is 1.50 bits per heavy atom. The lowest BCUT2D eigenvalue weighted by atomic mass is 10.1. The summed E-state index contributed by atoms with van der Waals surface area (Å²) >= 11 is 0. The number of halogens is 1. The molecule has 5 heteroatoms. The first kappa shape index (κ1) is 11.3. The summed E-state index contributed by atoms with van der Waals surface area (Å²) < 4.78 is 20.6. The maximum Gasteiger partial charge on any atom is 0.181 e. The average Bonchev–Trinajstić information content (AvgIpc) is 2.57. The van der Waals surface area contributed by atoms with Crippen LogP contribution in [-0.2, 0) is 4.74 Å². The molecular formula is C11H14FNO3. The van der Waals surface area contributed by atoms with Crippen molar-refractivity contribution in [1.29, 1.82) is 0 Å². The largest absolute Gasteiger partial charge is 0.387 e. The van der Waals surface area contributed by atoms with E-state index in [0.717, 1.165) is 0 Å². The molecule has 88 valence electrons. The monoisotopic (exact) mass is 227 g/mol. The Hall–Kier alpha value is -1.20. The normalized spacial score (nSPS) is 34.2. The minimum atomic E-state index is -1.47. The predicted molar refractivity (Wildman–Crippen MR) is 55.8 cm³/mol. The molecule has 1 N–H and O–H groups in total. The molecule has 0 aliphatic carbocycles. The van der Waals surface area contributed by atoms with E-state index in [1.807, 2.05) is 6.92 Å². The second-order valence-electron chi connectivity index (χ2n) is 3.89. The smallest absolute Gasteiger partial charge is 0.181 e. The highest BCUT2D eigenvalue weighted by Gasteiger charge is 2.43. The Labute approximate surface area is 92.3 Å². The van der Waals surface area contributed by atoms with Gasteiger partial charge < -0.3 is 14.4 Å². The summed E-state index contributed by atoms with van der Waals surface area (Å²) in [5.41, 5.74) is -0.141. The minimum Gasteiger partial charge on any atom is -0.387 e. The highest BCUT2D eigenvalue weighted by atomic mass is 19.1. The summed E-state index contributed by atoms with van der Waals surface area (Å²) in [4.78, 5) is 10.9. The minimum absolute atomic E-state index is 0.141. The van der Waals surface area contributed by atoms with Gasteiger partial charge in [-0.1, -0.05) is 6.92 Å². The number of hydrogen-bond donors (Lipinski definition) is 1. The number of hydrogen-bond acceptors (Lipinski definition) is 3. The molecule has 1 aliphatic heterocycles. The van der Waals surface area contributed by atoms with Gasteiger partial charge in [-0.3, -0.25) is 4.79 Å². The average molecular weight is 227 g/mol. The SMILES string of the molecule is CC[C@H]1O[C@@H](n2ccc(=O)cc2)[C@H](F)[C@@H]1O. The summed E-state index contributed by atoms with van der Waals surface area (Å²) in [6, 6.07) is 2.67. The molecular weight excluding hydrogens is 213 g/mol. The van der Waals surface area contributed by atoms with Crippen LogP contribution in [0.5, 0.6) is 0 Å². The van der Waals surface area contributed by atoms with Gasteiger partial charge in [0.05, 0.1) is 6.10 Å². The maximum absolute atomic E-state index is 13.7. The van der Waals surface area contributed by atoms with Crippen molar-refractivity contribution in [2.45, 2.75) is 38.0 Å². The molecule has 0 spiro atoms. The lowest BCUT2D eigenvalue weighted by Gasteiger charge is -2.16. The van der Waals surface area contributed by atoms with Gasteiger partial charge in [-0.15, -0.1) is 0 Å². The van der Waals surface area contributed by atoms with Gasteiger partial charge in [0.15, 0.2) is 17.8 Å². The van der Waals surface area contributed by atoms with Crippen molar-refractivity contribution in [2.75, 3.05) is 0 Å². The molecule has 4 atom stereocenters. The van der Waals surface area contributed by atoms with E-state index in [1.165, 1.54) is 29.1 Å². The summed E-state index contributed by atoms with van der Waals surface area (Å²) in [7, 11) is 0. The molecule has 1 saturated heterocycles. The number of rotatable bonds is 2. The first-order chi connectivity index (χ1) is 7.63. The van der Waals surface area contributed by atoms with Gasteiger partial charge in [-0.25, -0.2) is 4.39 Å². The Kier molecular flexibility index (Phi) is 3.07. The van der Waals surface area contributed by atoms with E-state index < -0.39 is 24.6 Å². The lowest BCUT2D eigenvalue weighted by molar-refractivity contribution is -0.0258. The zero-order valence-electron chi connectivity index (χ0n) is 8.91. The first-order valence-electron chi connectivity index (χ1n) is 5.29. The van der Waals surface area contributed by atoms with Gasteiger partial charge in [0, 0.05) is 24.5 Å². The molecule has 0 aromatic carbocycles. The van der Waals surface area contributed by atoms with Crippen molar-refractivity contribution >= 4 is 0 Å². The van der Waals surface area contributed by atoms with Gasteiger partial charge in [-0.05, 0) is 6.42 Å². The van der Waals surface area contributed by atoms with Crippen LogP contribution in [0, 0.1) is 0 Å². The van der Waals surface area contributed by atoms with Crippen LogP contribution in [0.25, 0.3) is 0 Å². The third-order valence-corrected chi connectivity index (χ3v) is 2.81. The lowest BCUT2D eigenvalue weighted by Crippen LogP contribution is -2.28. The molecule has 1 aromatic heterocycles. The van der Waals surface area contributed by atoms with E-state index in [2.05, 4.69) is 0 Å². The molecule has 1 fully saturated rings. The summed E-state index contributed by atoms with van der Waals surface area (Å²) in [5, 5.41) is 9.57. The van der Waals surface area contributed by atoms with Crippen LogP contribution >= 0.6 is 0 Å². The van der Waals surface area contributed by atoms with Crippen molar-refractivity contribution in [3.8, 4) is 0 Å². The highest BCUT2D eigenvalue weighted by Crippen LogP contribution is 2.32. The third-order valence-electron chi connectivity index (χ3n) is 2.81. The van der Waals surface area contributed by atoms with Gasteiger partial charge in [0.25, 0.3) is 0 Å². The number of ether oxygens (including phenoxy) is 1. The molecule has 1 aromatic rings. The molecule has 2 rings (SSSR count). The Balaban J connectivity index is 2.22. The second kappa shape index (κ2) is 4.35. The van der Waals surface area contributed by atoms with Crippen molar-refractivity contribution < 1.29 is 14.2 Å². The van der Waals surface area contributed by atoms with Crippen molar-refractivity contribution in [3.63, 3.8) is 0 Å². The molecule has 0 bridgehead atoms. The molecule has 2 heterocycles. The summed E-state index contributed by atoms with van der Waals surface area (Å²) in [6.07, 6.45) is -0.422. The standard InChI is InChI=1S/C11H14FNO3/c1-2-8-10(15)9(12)11(16-8)13-5-3-7(14)4-6-13/h3-6,8-11,15H,2H2,1H3/t8-,9-,10-,11-/m1/s1. The zero-order chi connectivity index (χ0) is 11.7. The van der Waals surface area contributed by atoms with Crippen LogP contribution in [0.4, 0.5) is 4.39 Å². The molecule has 1 aliphatic rings. The number of aromatic nitrogens is 1.